The highest BCUT2D eigenvalue weighted by Crippen LogP contribution is 2.40. The molecule has 0 saturated carbocycles. The van der Waals surface area contributed by atoms with Gasteiger partial charge in [0.15, 0.2) is 0 Å². The molecule has 2 aromatic carbocycles. The normalized spacial score (nSPS) is 19.2. The SMILES string of the molecule is COc1cccc(CN2C(=O)C(=O)/C(=C(\O)c3ccc4c(c3)CCCC4)C2c2ccccn2)c1. The number of Topliss-reactive ketones (excluding diaryl/α,β-unsaturated/α-hetero) is 1. The van der Waals surface area contributed by atoms with E-state index in [1.165, 1.54) is 16.0 Å². The molecule has 1 fully saturated rings. The summed E-state index contributed by atoms with van der Waals surface area (Å²) in [4.78, 5) is 32.4. The van der Waals surface area contributed by atoms with Gasteiger partial charge < -0.3 is 14.7 Å². The standard InChI is InChI=1S/C28H26N2O4/c1-34-22-10-6-7-18(15-22)17-30-25(23-11-4-5-14-29-23)24(27(32)28(30)33)26(31)21-13-12-19-8-2-3-9-20(19)16-21/h4-7,10-16,25,31H,2-3,8-9,17H2,1H3/b26-24-. The Morgan fingerprint density at radius 3 is 2.62 bits per heavy atom. The molecule has 2 heterocycles. The van der Waals surface area contributed by atoms with Crippen molar-refractivity contribution in [2.75, 3.05) is 7.11 Å². The molecule has 2 aliphatic rings. The van der Waals surface area contributed by atoms with Gasteiger partial charge in [-0.2, -0.15) is 0 Å². The third kappa shape index (κ3) is 3.96. The Hall–Kier alpha value is -3.93. The zero-order valence-corrected chi connectivity index (χ0v) is 19.0. The van der Waals surface area contributed by atoms with Gasteiger partial charge in [0.2, 0.25) is 0 Å². The van der Waals surface area contributed by atoms with Crippen LogP contribution in [0.15, 0.2) is 72.4 Å². The summed E-state index contributed by atoms with van der Waals surface area (Å²) in [6.45, 7) is 0.185. The number of fused-ring (bicyclic) bond motifs is 1. The Kier molecular flexibility index (Phi) is 5.88. The lowest BCUT2D eigenvalue weighted by molar-refractivity contribution is -0.140. The van der Waals surface area contributed by atoms with Gasteiger partial charge in [-0.3, -0.25) is 14.6 Å². The highest BCUT2D eigenvalue weighted by molar-refractivity contribution is 6.46. The van der Waals surface area contributed by atoms with Crippen LogP contribution in [0.2, 0.25) is 0 Å². The van der Waals surface area contributed by atoms with E-state index < -0.39 is 17.7 Å². The minimum absolute atomic E-state index is 0.0716. The highest BCUT2D eigenvalue weighted by Gasteiger charge is 2.46. The summed E-state index contributed by atoms with van der Waals surface area (Å²) in [6, 6.07) is 17.8. The number of likely N-dealkylation sites (tertiary alicyclic amines) is 1. The average molecular weight is 455 g/mol. The van der Waals surface area contributed by atoms with E-state index in [1.807, 2.05) is 48.5 Å². The molecule has 0 bridgehead atoms. The Morgan fingerprint density at radius 1 is 1.03 bits per heavy atom. The fourth-order valence-corrected chi connectivity index (χ4v) is 4.89. The molecule has 1 unspecified atom stereocenters. The van der Waals surface area contributed by atoms with E-state index in [0.717, 1.165) is 31.2 Å². The summed E-state index contributed by atoms with van der Waals surface area (Å²) in [5.74, 6) is -0.847. The Balaban J connectivity index is 1.60. The average Bonchev–Trinajstić information content (AvgIpc) is 3.13. The smallest absolute Gasteiger partial charge is 0.296 e. The zero-order valence-electron chi connectivity index (χ0n) is 19.0. The Bertz CT molecular complexity index is 1280. The predicted octanol–water partition coefficient (Wildman–Crippen LogP) is 4.59. The van der Waals surface area contributed by atoms with Crippen LogP contribution in [0.4, 0.5) is 0 Å². The molecular formula is C28H26N2O4. The van der Waals surface area contributed by atoms with Crippen molar-refractivity contribution >= 4 is 17.4 Å². The number of nitrogens with zero attached hydrogens (tertiary/aromatic N) is 2. The van der Waals surface area contributed by atoms with Crippen molar-refractivity contribution in [3.05, 3.63) is 100 Å². The highest BCUT2D eigenvalue weighted by atomic mass is 16.5. The lowest BCUT2D eigenvalue weighted by Crippen LogP contribution is -2.29. The molecule has 1 aliphatic carbocycles. The number of ether oxygens (including phenoxy) is 1. The molecular weight excluding hydrogens is 428 g/mol. The molecule has 5 rings (SSSR count). The molecule has 0 radical (unpaired) electrons. The van der Waals surface area contributed by atoms with Crippen LogP contribution in [-0.2, 0) is 29.0 Å². The zero-order chi connectivity index (χ0) is 23.7. The molecule has 0 spiro atoms. The molecule has 34 heavy (non-hydrogen) atoms. The molecule has 1 amide bonds. The number of aromatic nitrogens is 1. The fourth-order valence-electron chi connectivity index (χ4n) is 4.89. The van der Waals surface area contributed by atoms with E-state index >= 15 is 0 Å². The van der Waals surface area contributed by atoms with E-state index in [9.17, 15) is 14.7 Å². The van der Waals surface area contributed by atoms with Crippen molar-refractivity contribution in [3.8, 4) is 5.75 Å². The summed E-state index contributed by atoms with van der Waals surface area (Å²) in [7, 11) is 1.58. The second-order valence-corrected chi connectivity index (χ2v) is 8.72. The van der Waals surface area contributed by atoms with Gasteiger partial charge in [0.05, 0.1) is 18.4 Å². The number of pyridine rings is 1. The maximum absolute atomic E-state index is 13.3. The van der Waals surface area contributed by atoms with Crippen molar-refractivity contribution in [2.45, 2.75) is 38.3 Å². The van der Waals surface area contributed by atoms with Gasteiger partial charge in [-0.1, -0.05) is 30.3 Å². The van der Waals surface area contributed by atoms with E-state index in [-0.39, 0.29) is 17.9 Å². The van der Waals surface area contributed by atoms with E-state index in [4.69, 9.17) is 4.74 Å². The van der Waals surface area contributed by atoms with Crippen LogP contribution in [0.1, 0.15) is 46.8 Å². The molecule has 1 aromatic heterocycles. The second kappa shape index (κ2) is 9.14. The van der Waals surface area contributed by atoms with Crippen LogP contribution in [-0.4, -0.2) is 33.8 Å². The van der Waals surface area contributed by atoms with Gasteiger partial charge in [0.25, 0.3) is 11.7 Å². The maximum Gasteiger partial charge on any atom is 0.296 e. The lowest BCUT2D eigenvalue weighted by atomic mass is 9.89. The number of hydrogen-bond donors (Lipinski definition) is 1. The van der Waals surface area contributed by atoms with Gasteiger partial charge in [-0.15, -0.1) is 0 Å². The van der Waals surface area contributed by atoms with Crippen LogP contribution < -0.4 is 4.74 Å². The number of benzene rings is 2. The van der Waals surface area contributed by atoms with Crippen molar-refractivity contribution in [3.63, 3.8) is 0 Å². The van der Waals surface area contributed by atoms with Gasteiger partial charge >= 0.3 is 0 Å². The van der Waals surface area contributed by atoms with Crippen molar-refractivity contribution in [1.29, 1.82) is 0 Å². The number of aliphatic hydroxyl groups is 1. The minimum Gasteiger partial charge on any atom is -0.507 e. The lowest BCUT2D eigenvalue weighted by Gasteiger charge is -2.25. The van der Waals surface area contributed by atoms with Crippen LogP contribution in [0.25, 0.3) is 5.76 Å². The van der Waals surface area contributed by atoms with Crippen LogP contribution >= 0.6 is 0 Å². The summed E-state index contributed by atoms with van der Waals surface area (Å²) >= 11 is 0. The first-order valence-electron chi connectivity index (χ1n) is 11.5. The number of carbonyl (C=O) groups is 2. The number of carbonyl (C=O) groups excluding carboxylic acids is 2. The summed E-state index contributed by atoms with van der Waals surface area (Å²) in [6.07, 6.45) is 5.86. The van der Waals surface area contributed by atoms with E-state index in [0.29, 0.717) is 17.0 Å². The molecule has 1 atom stereocenters. The van der Waals surface area contributed by atoms with E-state index in [2.05, 4.69) is 4.98 Å². The Morgan fingerprint density at radius 2 is 1.85 bits per heavy atom. The first kappa shape index (κ1) is 21.9. The predicted molar refractivity (Wildman–Crippen MR) is 128 cm³/mol. The Labute approximate surface area is 198 Å². The third-order valence-electron chi connectivity index (χ3n) is 6.62. The third-order valence-corrected chi connectivity index (χ3v) is 6.62. The summed E-state index contributed by atoms with van der Waals surface area (Å²) < 4.78 is 5.31. The van der Waals surface area contributed by atoms with Crippen LogP contribution in [0.5, 0.6) is 5.75 Å². The van der Waals surface area contributed by atoms with Gasteiger partial charge in [0.1, 0.15) is 17.6 Å². The number of aryl methyl sites for hydroxylation is 2. The number of hydrogen-bond acceptors (Lipinski definition) is 5. The topological polar surface area (TPSA) is 79.7 Å². The molecule has 6 nitrogen and oxygen atoms in total. The fraction of sp³-hybridized carbons (Fsp3) is 0.250. The number of methoxy groups -OCH3 is 1. The van der Waals surface area contributed by atoms with Crippen molar-refractivity contribution in [1.82, 2.24) is 9.88 Å². The van der Waals surface area contributed by atoms with Gasteiger partial charge in [0, 0.05) is 18.3 Å². The molecule has 6 heteroatoms. The van der Waals surface area contributed by atoms with Crippen molar-refractivity contribution < 1.29 is 19.4 Å². The molecule has 3 aromatic rings. The van der Waals surface area contributed by atoms with Crippen LogP contribution in [0.3, 0.4) is 0 Å². The minimum atomic E-state index is -0.788. The van der Waals surface area contributed by atoms with Gasteiger partial charge in [-0.25, -0.2) is 0 Å². The second-order valence-electron chi connectivity index (χ2n) is 8.72. The summed E-state index contributed by atoms with van der Waals surface area (Å²) in [5.41, 5.74) is 4.45. The van der Waals surface area contributed by atoms with Crippen molar-refractivity contribution in [2.24, 2.45) is 0 Å². The van der Waals surface area contributed by atoms with Gasteiger partial charge in [-0.05, 0) is 72.7 Å². The number of amides is 1. The number of ketones is 1. The number of rotatable bonds is 5. The largest absolute Gasteiger partial charge is 0.507 e. The molecule has 1 saturated heterocycles. The number of aliphatic hydroxyl groups excluding tert-OH is 1. The molecule has 1 N–H and O–H groups in total. The van der Waals surface area contributed by atoms with E-state index in [1.54, 1.807) is 25.4 Å². The first-order valence-corrected chi connectivity index (χ1v) is 11.5. The molecule has 1 aliphatic heterocycles. The van der Waals surface area contributed by atoms with Crippen LogP contribution in [0, 0.1) is 0 Å². The molecule has 172 valence electrons. The monoisotopic (exact) mass is 454 g/mol. The quantitative estimate of drug-likeness (QED) is 0.347. The summed E-state index contributed by atoms with van der Waals surface area (Å²) in [5, 5.41) is 11.3. The maximum atomic E-state index is 13.3. The first-order chi connectivity index (χ1) is 16.6.